The number of amides is 2. The van der Waals surface area contributed by atoms with Crippen molar-refractivity contribution in [3.05, 3.63) is 59.4 Å². The van der Waals surface area contributed by atoms with Crippen LogP contribution in [0.1, 0.15) is 24.0 Å². The molecule has 0 saturated heterocycles. The summed E-state index contributed by atoms with van der Waals surface area (Å²) in [5.41, 5.74) is 6.42. The van der Waals surface area contributed by atoms with Crippen molar-refractivity contribution in [2.75, 3.05) is 23.4 Å². The lowest BCUT2D eigenvalue weighted by atomic mass is 10.1. The molecule has 0 fully saturated rings. The third-order valence-corrected chi connectivity index (χ3v) is 4.71. The lowest BCUT2D eigenvalue weighted by Gasteiger charge is -2.24. The number of nitrogens with zero attached hydrogens (tertiary/aromatic N) is 1. The van der Waals surface area contributed by atoms with Gasteiger partial charge in [0.25, 0.3) is 5.91 Å². The number of carboxylic acid groups (broad SMARTS) is 1. The minimum Gasteiger partial charge on any atom is -0.481 e. The van der Waals surface area contributed by atoms with Gasteiger partial charge in [-0.1, -0.05) is 0 Å². The molecule has 0 radical (unpaired) electrons. The largest absolute Gasteiger partial charge is 0.481 e. The summed E-state index contributed by atoms with van der Waals surface area (Å²) in [6.07, 6.45) is -2.72. The molecule has 33 heavy (non-hydrogen) atoms. The summed E-state index contributed by atoms with van der Waals surface area (Å²) in [5.74, 6) is -3.42. The second-order valence-electron chi connectivity index (χ2n) is 7.14. The second-order valence-corrected chi connectivity index (χ2v) is 7.14. The van der Waals surface area contributed by atoms with E-state index in [0.717, 1.165) is 11.0 Å². The SMILES string of the molecule is N=C(N)c1ccc(NC(=O)C(O)CC(=O)N(CCO)c2ccc(F)c(CCC(=O)O)c2)cc1. The van der Waals surface area contributed by atoms with Crippen molar-refractivity contribution in [2.24, 2.45) is 5.73 Å². The molecule has 0 aliphatic carbocycles. The van der Waals surface area contributed by atoms with Gasteiger partial charge in [-0.2, -0.15) is 0 Å². The van der Waals surface area contributed by atoms with Crippen LogP contribution in [0.3, 0.4) is 0 Å². The van der Waals surface area contributed by atoms with Gasteiger partial charge in [0, 0.05) is 29.9 Å². The Kier molecular flexibility index (Phi) is 9.01. The number of hydrogen-bond donors (Lipinski definition) is 6. The molecule has 1 atom stereocenters. The van der Waals surface area contributed by atoms with Crippen LogP contribution in [-0.4, -0.2) is 58.2 Å². The number of nitrogens with two attached hydrogens (primary N) is 1. The molecule has 11 heteroatoms. The molecule has 2 amide bonds. The fourth-order valence-corrected chi connectivity index (χ4v) is 2.99. The predicted octanol–water partition coefficient (Wildman–Crippen LogP) is 0.842. The number of anilines is 2. The van der Waals surface area contributed by atoms with Crippen LogP contribution in [0.25, 0.3) is 0 Å². The zero-order chi connectivity index (χ0) is 24.5. The molecule has 0 spiro atoms. The zero-order valence-corrected chi connectivity index (χ0v) is 17.6. The highest BCUT2D eigenvalue weighted by Gasteiger charge is 2.24. The number of carbonyl (C=O) groups excluding carboxylic acids is 2. The first-order valence-corrected chi connectivity index (χ1v) is 9.97. The predicted molar refractivity (Wildman–Crippen MR) is 119 cm³/mol. The molecule has 0 heterocycles. The van der Waals surface area contributed by atoms with Crippen molar-refractivity contribution in [1.29, 1.82) is 5.41 Å². The number of hydrogen-bond acceptors (Lipinski definition) is 6. The summed E-state index contributed by atoms with van der Waals surface area (Å²) in [6, 6.07) is 9.66. The first-order chi connectivity index (χ1) is 15.6. The Balaban J connectivity index is 2.09. The zero-order valence-electron chi connectivity index (χ0n) is 17.6. The van der Waals surface area contributed by atoms with E-state index in [2.05, 4.69) is 5.32 Å². The molecule has 7 N–H and O–H groups in total. The van der Waals surface area contributed by atoms with Crippen LogP contribution < -0.4 is 16.0 Å². The normalized spacial score (nSPS) is 11.5. The number of nitrogens with one attached hydrogen (secondary N) is 2. The summed E-state index contributed by atoms with van der Waals surface area (Å²) in [6.45, 7) is -0.609. The van der Waals surface area contributed by atoms with E-state index in [1.807, 2.05) is 0 Å². The van der Waals surface area contributed by atoms with E-state index in [4.69, 9.17) is 16.2 Å². The molecule has 2 rings (SSSR count). The van der Waals surface area contributed by atoms with Crippen LogP contribution in [0.2, 0.25) is 0 Å². The van der Waals surface area contributed by atoms with Gasteiger partial charge in [-0.15, -0.1) is 0 Å². The maximum atomic E-state index is 14.0. The van der Waals surface area contributed by atoms with Gasteiger partial charge in [-0.25, -0.2) is 4.39 Å². The molecule has 0 aliphatic heterocycles. The lowest BCUT2D eigenvalue weighted by molar-refractivity contribution is -0.137. The smallest absolute Gasteiger partial charge is 0.303 e. The first-order valence-electron chi connectivity index (χ1n) is 9.97. The maximum Gasteiger partial charge on any atom is 0.303 e. The number of benzene rings is 2. The standard InChI is InChI=1S/C22H25FN4O6/c23-17-7-6-16(11-14(17)3-8-20(31)32)27(9-10-28)19(30)12-18(29)22(33)26-15-4-1-13(2-5-15)21(24)25/h1-2,4-7,11,18,28-29H,3,8-10,12H2,(H3,24,25)(H,26,33)(H,31,32). The topological polar surface area (TPSA) is 177 Å². The van der Waals surface area contributed by atoms with Crippen LogP contribution in [0.5, 0.6) is 0 Å². The highest BCUT2D eigenvalue weighted by molar-refractivity contribution is 6.01. The van der Waals surface area contributed by atoms with Gasteiger partial charge in [0.1, 0.15) is 17.8 Å². The van der Waals surface area contributed by atoms with Gasteiger partial charge in [0.2, 0.25) is 5.91 Å². The molecule has 10 nitrogen and oxygen atoms in total. The number of aliphatic hydroxyl groups is 2. The van der Waals surface area contributed by atoms with Crippen LogP contribution in [-0.2, 0) is 20.8 Å². The van der Waals surface area contributed by atoms with Crippen LogP contribution in [0.15, 0.2) is 42.5 Å². The number of rotatable bonds is 11. The number of carboxylic acids is 1. The minimum atomic E-state index is -1.71. The quantitative estimate of drug-likeness (QED) is 0.212. The van der Waals surface area contributed by atoms with E-state index in [0.29, 0.717) is 11.3 Å². The van der Waals surface area contributed by atoms with Crippen LogP contribution in [0, 0.1) is 11.2 Å². The number of carbonyl (C=O) groups is 3. The van der Waals surface area contributed by atoms with E-state index in [9.17, 15) is 29.0 Å². The monoisotopic (exact) mass is 460 g/mol. The minimum absolute atomic E-state index is 0.0814. The van der Waals surface area contributed by atoms with Gasteiger partial charge in [0.15, 0.2) is 0 Å². The number of aryl methyl sites for hydroxylation is 1. The summed E-state index contributed by atoms with van der Waals surface area (Å²) in [5, 5.41) is 38.1. The molecule has 176 valence electrons. The number of halogens is 1. The molecule has 0 bridgehead atoms. The average Bonchev–Trinajstić information content (AvgIpc) is 2.77. The number of nitrogen functional groups attached to an aromatic ring is 1. The van der Waals surface area contributed by atoms with Crippen molar-refractivity contribution in [2.45, 2.75) is 25.4 Å². The van der Waals surface area contributed by atoms with Crippen molar-refractivity contribution in [3.63, 3.8) is 0 Å². The average molecular weight is 460 g/mol. The Morgan fingerprint density at radius 1 is 1.15 bits per heavy atom. The summed E-state index contributed by atoms with van der Waals surface area (Å²) in [7, 11) is 0. The second kappa shape index (κ2) is 11.7. The van der Waals surface area contributed by atoms with E-state index in [1.165, 1.54) is 36.4 Å². The van der Waals surface area contributed by atoms with Crippen molar-refractivity contribution in [3.8, 4) is 0 Å². The molecule has 2 aromatic carbocycles. The molecule has 0 aromatic heterocycles. The summed E-state index contributed by atoms with van der Waals surface area (Å²) < 4.78 is 14.0. The van der Waals surface area contributed by atoms with Gasteiger partial charge in [-0.05, 0) is 54.4 Å². The van der Waals surface area contributed by atoms with Crippen molar-refractivity contribution >= 4 is 35.0 Å². The van der Waals surface area contributed by atoms with E-state index >= 15 is 0 Å². The van der Waals surface area contributed by atoms with E-state index in [-0.39, 0.29) is 36.5 Å². The third kappa shape index (κ3) is 7.37. The van der Waals surface area contributed by atoms with Gasteiger partial charge in [-0.3, -0.25) is 19.8 Å². The maximum absolute atomic E-state index is 14.0. The van der Waals surface area contributed by atoms with Crippen LogP contribution in [0.4, 0.5) is 15.8 Å². The van der Waals surface area contributed by atoms with E-state index < -0.39 is 42.7 Å². The molecular weight excluding hydrogens is 435 g/mol. The Labute approximate surface area is 189 Å². The first kappa shape index (κ1) is 25.4. The Bertz CT molecular complexity index is 1030. The van der Waals surface area contributed by atoms with Crippen molar-refractivity contribution in [1.82, 2.24) is 0 Å². The summed E-state index contributed by atoms with van der Waals surface area (Å²) in [4.78, 5) is 36.9. The third-order valence-electron chi connectivity index (χ3n) is 4.71. The van der Waals surface area contributed by atoms with Crippen molar-refractivity contribution < 1.29 is 34.1 Å². The van der Waals surface area contributed by atoms with Gasteiger partial charge >= 0.3 is 5.97 Å². The van der Waals surface area contributed by atoms with Crippen LogP contribution >= 0.6 is 0 Å². The number of aliphatic hydroxyl groups excluding tert-OH is 2. The Morgan fingerprint density at radius 2 is 1.82 bits per heavy atom. The summed E-state index contributed by atoms with van der Waals surface area (Å²) >= 11 is 0. The highest BCUT2D eigenvalue weighted by Crippen LogP contribution is 2.21. The Morgan fingerprint density at radius 3 is 2.39 bits per heavy atom. The molecule has 0 saturated carbocycles. The molecule has 1 unspecified atom stereocenters. The van der Waals surface area contributed by atoms with E-state index in [1.54, 1.807) is 0 Å². The number of amidine groups is 1. The fourth-order valence-electron chi connectivity index (χ4n) is 2.99. The molecule has 2 aromatic rings. The lowest BCUT2D eigenvalue weighted by Crippen LogP contribution is -2.39. The number of aliphatic carboxylic acids is 1. The fraction of sp³-hybridized carbons (Fsp3) is 0.273. The molecule has 0 aliphatic rings. The van der Waals surface area contributed by atoms with Gasteiger partial charge in [0.05, 0.1) is 13.0 Å². The molecular formula is C22H25FN4O6. The Hall–Kier alpha value is -3.83. The van der Waals surface area contributed by atoms with Gasteiger partial charge < -0.3 is 31.3 Å². The highest BCUT2D eigenvalue weighted by atomic mass is 19.1.